The maximum Gasteiger partial charge on any atom is 0.397 e. The fourth-order valence-corrected chi connectivity index (χ4v) is 9.33. The molecule has 1 saturated heterocycles. The van der Waals surface area contributed by atoms with E-state index < -0.39 is 74.5 Å². The van der Waals surface area contributed by atoms with Crippen LogP contribution in [-0.4, -0.2) is 84.9 Å². The van der Waals surface area contributed by atoms with Crippen molar-refractivity contribution in [3.63, 3.8) is 0 Å². The molecule has 5 rings (SSSR count). The second-order valence-electron chi connectivity index (χ2n) is 12.5. The summed E-state index contributed by atoms with van der Waals surface area (Å²) in [7, 11) is -9.64. The fourth-order valence-electron chi connectivity index (χ4n) is 8.26. The van der Waals surface area contributed by atoms with Crippen LogP contribution in [0.2, 0.25) is 0 Å². The lowest BCUT2D eigenvalue weighted by atomic mass is 9.48. The number of rotatable bonds is 6. The summed E-state index contributed by atoms with van der Waals surface area (Å²) in [4.78, 5) is 12.9. The highest BCUT2D eigenvalue weighted by atomic mass is 32.3. The summed E-state index contributed by atoms with van der Waals surface area (Å²) in [5.41, 5.74) is 0.263. The quantitative estimate of drug-likeness (QED) is 0.248. The molecule has 0 spiro atoms. The standard InChI is InChI=1S/C25H38O13S2/c1-12-22(38-40(32,33)34)20(27)21(28)23(35-12)36-18-11-14-15-4-5-19(26)25(15,3)9-7-16(14)24(2)8-6-13(10-17(18)24)37-39(29,30)31/h7,12-15,17-18,20-23,27-28H,4-6,8-11H2,1-3H3,(H,29,30,31)(H,32,33,34)/t12?,13-,14?,15?,17?,18?,20?,21?,22+,23-,24+,25-/m0/s1. The van der Waals surface area contributed by atoms with Crippen molar-refractivity contribution in [2.45, 2.75) is 109 Å². The molecule has 0 bridgehead atoms. The zero-order valence-electron chi connectivity index (χ0n) is 22.6. The molecule has 4 aliphatic carbocycles. The smallest absolute Gasteiger partial charge is 0.387 e. The first-order chi connectivity index (χ1) is 18.4. The van der Waals surface area contributed by atoms with E-state index in [0.29, 0.717) is 32.1 Å². The summed E-state index contributed by atoms with van der Waals surface area (Å²) in [6, 6.07) is 0. The Kier molecular flexibility index (Phi) is 7.85. The van der Waals surface area contributed by atoms with E-state index in [4.69, 9.17) is 18.2 Å². The molecule has 5 aliphatic rings. The van der Waals surface area contributed by atoms with E-state index in [2.05, 4.69) is 17.2 Å². The van der Waals surface area contributed by atoms with Crippen LogP contribution in [0.15, 0.2) is 11.6 Å². The molecule has 0 aromatic rings. The van der Waals surface area contributed by atoms with Gasteiger partial charge in [0.05, 0.1) is 18.3 Å². The van der Waals surface area contributed by atoms with Gasteiger partial charge in [-0.3, -0.25) is 13.9 Å². The molecular formula is C25H38O13S2. The van der Waals surface area contributed by atoms with Gasteiger partial charge in [0.1, 0.15) is 24.1 Å². The van der Waals surface area contributed by atoms with Gasteiger partial charge in [-0.05, 0) is 68.6 Å². The highest BCUT2D eigenvalue weighted by molar-refractivity contribution is 7.81. The monoisotopic (exact) mass is 610 g/mol. The lowest BCUT2D eigenvalue weighted by Crippen LogP contribution is -2.61. The SMILES string of the molecule is CC1O[C@@H](OC2CC3C(=CC[C@]4(C)C(=O)CCC34)[C@@]3(C)CC[C@H](OS(=O)(=O)O)CC23)C(O)C(O)[C@@H]1OS(=O)(=O)O. The molecule has 0 amide bonds. The van der Waals surface area contributed by atoms with Gasteiger partial charge < -0.3 is 19.7 Å². The summed E-state index contributed by atoms with van der Waals surface area (Å²) in [5, 5.41) is 21.5. The Labute approximate surface area is 234 Å². The lowest BCUT2D eigenvalue weighted by Gasteiger charge is -2.58. The predicted molar refractivity (Wildman–Crippen MR) is 136 cm³/mol. The molecule has 13 nitrogen and oxygen atoms in total. The van der Waals surface area contributed by atoms with Crippen molar-refractivity contribution in [2.75, 3.05) is 0 Å². The number of hydrogen-bond acceptors (Lipinski definition) is 11. The van der Waals surface area contributed by atoms with Gasteiger partial charge in [0.25, 0.3) is 0 Å². The Balaban J connectivity index is 1.45. The Bertz CT molecular complexity index is 1270. The van der Waals surface area contributed by atoms with Crippen molar-refractivity contribution >= 4 is 26.6 Å². The maximum atomic E-state index is 12.9. The van der Waals surface area contributed by atoms with E-state index in [0.717, 1.165) is 6.42 Å². The molecule has 7 unspecified atom stereocenters. The molecule has 0 aromatic carbocycles. The highest BCUT2D eigenvalue weighted by Gasteiger charge is 2.60. The van der Waals surface area contributed by atoms with Crippen LogP contribution in [0.1, 0.15) is 65.7 Å². The van der Waals surface area contributed by atoms with E-state index in [-0.39, 0.29) is 30.0 Å². The number of aliphatic hydroxyl groups is 2. The Morgan fingerprint density at radius 1 is 0.950 bits per heavy atom. The Hall–Kier alpha value is -1.01. The van der Waals surface area contributed by atoms with Crippen LogP contribution in [0.3, 0.4) is 0 Å². The average molecular weight is 611 g/mol. The largest absolute Gasteiger partial charge is 0.397 e. The summed E-state index contributed by atoms with van der Waals surface area (Å²) in [6.45, 7) is 5.49. The van der Waals surface area contributed by atoms with Crippen LogP contribution < -0.4 is 0 Å². The number of ether oxygens (including phenoxy) is 2. The number of Topliss-reactive ketones (excluding diaryl/α,β-unsaturated/α-hetero) is 1. The number of hydrogen-bond donors (Lipinski definition) is 4. The van der Waals surface area contributed by atoms with E-state index >= 15 is 0 Å². The molecule has 3 saturated carbocycles. The van der Waals surface area contributed by atoms with Crippen molar-refractivity contribution in [2.24, 2.45) is 28.6 Å². The third-order valence-electron chi connectivity index (χ3n) is 10.3. The van der Waals surface area contributed by atoms with Gasteiger partial charge in [-0.25, -0.2) is 8.37 Å². The number of aliphatic hydroxyl groups excluding tert-OH is 2. The van der Waals surface area contributed by atoms with Gasteiger partial charge in [-0.2, -0.15) is 16.8 Å². The Morgan fingerprint density at radius 2 is 1.62 bits per heavy atom. The summed E-state index contributed by atoms with van der Waals surface area (Å²) in [5.74, 6) is -0.0122. The topological polar surface area (TPSA) is 203 Å². The first-order valence-corrected chi connectivity index (χ1v) is 16.4. The van der Waals surface area contributed by atoms with Crippen LogP contribution >= 0.6 is 0 Å². The lowest BCUT2D eigenvalue weighted by molar-refractivity contribution is -0.312. The summed E-state index contributed by atoms with van der Waals surface area (Å²) >= 11 is 0. The van der Waals surface area contributed by atoms with Crippen LogP contribution in [0, 0.1) is 28.6 Å². The van der Waals surface area contributed by atoms with Gasteiger partial charge in [-0.1, -0.05) is 25.5 Å². The molecule has 12 atom stereocenters. The second kappa shape index (κ2) is 10.3. The fraction of sp³-hybridized carbons (Fsp3) is 0.880. The molecule has 1 aliphatic heterocycles. The number of ketones is 1. The highest BCUT2D eigenvalue weighted by Crippen LogP contribution is 2.64. The van der Waals surface area contributed by atoms with Gasteiger partial charge in [0.15, 0.2) is 6.29 Å². The zero-order chi connectivity index (χ0) is 29.4. The zero-order valence-corrected chi connectivity index (χ0v) is 24.2. The van der Waals surface area contributed by atoms with Gasteiger partial charge in [0.2, 0.25) is 0 Å². The molecule has 0 radical (unpaired) electrons. The molecule has 15 heteroatoms. The number of allylic oxidation sites excluding steroid dienone is 2. The molecule has 4 fully saturated rings. The minimum Gasteiger partial charge on any atom is -0.387 e. The normalized spacial score (nSPS) is 47.7. The van der Waals surface area contributed by atoms with E-state index in [9.17, 15) is 36.4 Å². The predicted octanol–water partition coefficient (Wildman–Crippen LogP) is 1.36. The average Bonchev–Trinajstić information content (AvgIpc) is 3.14. The molecule has 228 valence electrons. The van der Waals surface area contributed by atoms with Crippen LogP contribution in [0.5, 0.6) is 0 Å². The third kappa shape index (κ3) is 5.42. The van der Waals surface area contributed by atoms with Crippen molar-refractivity contribution in [1.82, 2.24) is 0 Å². The first kappa shape index (κ1) is 30.4. The summed E-state index contributed by atoms with van der Waals surface area (Å²) in [6.07, 6.45) is -3.39. The van der Waals surface area contributed by atoms with E-state index in [1.54, 1.807) is 0 Å². The molecule has 4 N–H and O–H groups in total. The van der Waals surface area contributed by atoms with Crippen molar-refractivity contribution in [1.29, 1.82) is 0 Å². The molecular weight excluding hydrogens is 572 g/mol. The number of carbonyl (C=O) groups is 1. The number of carbonyl (C=O) groups excluding carboxylic acids is 1. The van der Waals surface area contributed by atoms with Gasteiger partial charge >= 0.3 is 20.8 Å². The van der Waals surface area contributed by atoms with E-state index in [1.165, 1.54) is 12.5 Å². The van der Waals surface area contributed by atoms with Gasteiger partial charge in [-0.15, -0.1) is 0 Å². The minimum atomic E-state index is -4.94. The van der Waals surface area contributed by atoms with E-state index in [1.807, 2.05) is 6.92 Å². The van der Waals surface area contributed by atoms with Gasteiger partial charge in [0, 0.05) is 11.8 Å². The molecule has 0 aromatic heterocycles. The first-order valence-electron chi connectivity index (χ1n) is 13.7. The van der Waals surface area contributed by atoms with Crippen molar-refractivity contribution in [3.05, 3.63) is 11.6 Å². The van der Waals surface area contributed by atoms with Crippen molar-refractivity contribution in [3.8, 4) is 0 Å². The second-order valence-corrected chi connectivity index (χ2v) is 14.6. The number of fused-ring (bicyclic) bond motifs is 5. The van der Waals surface area contributed by atoms with Crippen LogP contribution in [-0.2, 0) is 43.4 Å². The van der Waals surface area contributed by atoms with Crippen molar-refractivity contribution < 1.29 is 58.8 Å². The Morgan fingerprint density at radius 3 is 2.27 bits per heavy atom. The van der Waals surface area contributed by atoms with Crippen LogP contribution in [0.25, 0.3) is 0 Å². The maximum absolute atomic E-state index is 12.9. The third-order valence-corrected chi connectivity index (χ3v) is 11.2. The summed E-state index contributed by atoms with van der Waals surface area (Å²) < 4.78 is 85.5. The van der Waals surface area contributed by atoms with Crippen LogP contribution in [0.4, 0.5) is 0 Å². The molecule has 1 heterocycles. The minimum absolute atomic E-state index is 0.00538. The molecule has 40 heavy (non-hydrogen) atoms.